The Labute approximate surface area is 579 Å². The summed E-state index contributed by atoms with van der Waals surface area (Å²) in [6.45, 7) is 8.79. The highest BCUT2D eigenvalue weighted by molar-refractivity contribution is 5.90. The lowest BCUT2D eigenvalue weighted by Gasteiger charge is -2.23. The Kier molecular flexibility index (Phi) is 41.9. The standard InChI is InChI=1S/C28H30N2O7.C18H19NO5.C17H19N3O4.C5H10.C3H2N2O2.CH4O2/c1-2-36-27(34)25(17-20-10-14-23(32)15-11-20)29-26(33)24(16-19-8-12-22(31)13-9-19)30-28(35)37-18-21-6-4-3-5-7-21;1-23-17(21)16(11-13-7-9-15(20)10-8-13)19-18(22)24-12-14-5-3-2-4-6-14;18-20-16(22)15(10-12-6-8-14(21)9-7-12)19-17(23)24-11-13-4-2-1-3-5-13;1-4-5(2)3;4-1-6-3-7-2-5;2-1-3/h3-15,24-25,31-32H,2,16-18H2,1H3,(H,29,33)(H,30,35);2-10,16,20H,11-12H2,1H3,(H,19,22);1-9,15,21H,10-11,18H2,(H,19,23)(H,20,22);2,4H2,1,3H3;3H2;2-3H,1H2/t24-,25-;16-;15-;;;/m111.../s1. The number of ether oxygens (including phenoxy) is 7. The SMILES string of the molecule is C=C(C)CC.CCOC(=O)[C@@H](Cc1ccc(O)cc1)NC(=O)[C@@H](Cc1ccc(O)cc1)NC(=O)OCc1ccccc1.COC(=O)[C@@H](Cc1ccc(O)cc1)NC(=O)OCc1ccccc1.N#COCOC#N.NNC(=O)[C@@H](Cc1ccc(O)cc1)NC(=O)OCc1ccccc1.OCO. The summed E-state index contributed by atoms with van der Waals surface area (Å²) in [5.41, 5.74) is 8.64. The molecule has 28 heteroatoms. The Morgan fingerprint density at radius 1 is 0.440 bits per heavy atom. The zero-order chi connectivity index (χ0) is 73.9. The van der Waals surface area contributed by atoms with Crippen molar-refractivity contribution in [1.29, 1.82) is 10.5 Å². The van der Waals surface area contributed by atoms with Gasteiger partial charge in [-0.05, 0) is 108 Å². The number of alkyl carbamates (subject to hydrolysis) is 3. The van der Waals surface area contributed by atoms with Crippen LogP contribution in [0.1, 0.15) is 66.1 Å². The Morgan fingerprint density at radius 2 is 0.720 bits per heavy atom. The van der Waals surface area contributed by atoms with Gasteiger partial charge in [0.25, 0.3) is 25.2 Å². The lowest BCUT2D eigenvalue weighted by Crippen LogP contribution is -2.53. The Balaban J connectivity index is 0.000000473. The number of amides is 5. The third-order valence-corrected chi connectivity index (χ3v) is 13.0. The second-order valence-electron chi connectivity index (χ2n) is 20.6. The summed E-state index contributed by atoms with van der Waals surface area (Å²) in [6.07, 6.45) is 2.20. The predicted molar refractivity (Wildman–Crippen MR) is 363 cm³/mol. The summed E-state index contributed by atoms with van der Waals surface area (Å²) in [4.78, 5) is 86.0. The highest BCUT2D eigenvalue weighted by Crippen LogP contribution is 2.17. The molecule has 28 nitrogen and oxygen atoms in total. The number of hydrogen-bond acceptors (Lipinski definition) is 23. The molecule has 0 aromatic heterocycles. The molecule has 0 saturated carbocycles. The van der Waals surface area contributed by atoms with E-state index in [1.165, 1.54) is 73.7 Å². The van der Waals surface area contributed by atoms with Gasteiger partial charge in [-0.3, -0.25) is 15.0 Å². The number of hydrogen-bond donors (Lipinski definition) is 12. The maximum atomic E-state index is 13.3. The monoisotopic (exact) mass is 1380 g/mol. The van der Waals surface area contributed by atoms with Crippen molar-refractivity contribution in [2.45, 2.75) is 96.9 Å². The molecule has 7 aromatic rings. The molecule has 7 rings (SSSR count). The van der Waals surface area contributed by atoms with E-state index in [1.807, 2.05) is 91.2 Å². The van der Waals surface area contributed by atoms with E-state index >= 15 is 0 Å². The first-order valence-corrected chi connectivity index (χ1v) is 30.6. The second-order valence-corrected chi connectivity index (χ2v) is 20.6. The number of esters is 2. The molecule has 4 atom stereocenters. The molecule has 7 aromatic carbocycles. The van der Waals surface area contributed by atoms with Crippen LogP contribution in [0.25, 0.3) is 0 Å². The molecule has 0 aliphatic carbocycles. The maximum Gasteiger partial charge on any atom is 0.408 e. The van der Waals surface area contributed by atoms with Crippen molar-refractivity contribution >= 4 is 42.0 Å². The summed E-state index contributed by atoms with van der Waals surface area (Å²) in [6, 6.07) is 48.8. The highest BCUT2D eigenvalue weighted by atomic mass is 16.7. The number of rotatable bonds is 26. The summed E-state index contributed by atoms with van der Waals surface area (Å²) in [5, 5.41) is 77.4. The lowest BCUT2D eigenvalue weighted by atomic mass is 10.0. The van der Waals surface area contributed by atoms with E-state index in [4.69, 9.17) is 50.3 Å². The van der Waals surface area contributed by atoms with Crippen molar-refractivity contribution in [3.05, 3.63) is 239 Å². The van der Waals surface area contributed by atoms with Crippen LogP contribution in [0.15, 0.2) is 200 Å². The average Bonchev–Trinajstić information content (AvgIpc) is 0.876. The van der Waals surface area contributed by atoms with E-state index in [1.54, 1.807) is 67.6 Å². The maximum absolute atomic E-state index is 13.3. The number of phenols is 4. The number of aliphatic hydroxyl groups is 2. The topological polar surface area (TPSA) is 439 Å². The molecule has 0 spiro atoms. The van der Waals surface area contributed by atoms with Crippen LogP contribution in [0, 0.1) is 23.0 Å². The molecule has 0 aliphatic rings. The number of aliphatic hydroxyl groups excluding tert-OH is 1. The van der Waals surface area contributed by atoms with Crippen LogP contribution in [0.5, 0.6) is 23.0 Å². The van der Waals surface area contributed by atoms with Crippen LogP contribution in [-0.2, 0) is 97.8 Å². The minimum atomic E-state index is -1.08. The van der Waals surface area contributed by atoms with Crippen molar-refractivity contribution in [2.75, 3.05) is 27.3 Å². The van der Waals surface area contributed by atoms with Crippen LogP contribution in [0.2, 0.25) is 0 Å². The number of nitriles is 2. The van der Waals surface area contributed by atoms with Crippen LogP contribution >= 0.6 is 0 Å². The fourth-order valence-corrected chi connectivity index (χ4v) is 7.84. The van der Waals surface area contributed by atoms with E-state index in [2.05, 4.69) is 44.2 Å². The molecular formula is C72H84N8O20. The number of phenolic OH excluding ortho intramolecular Hbond substituents is 4. The van der Waals surface area contributed by atoms with Crippen LogP contribution < -0.4 is 32.5 Å². The van der Waals surface area contributed by atoms with Gasteiger partial charge < -0.3 is 85.1 Å². The molecule has 0 radical (unpaired) electrons. The molecule has 0 unspecified atom stereocenters. The number of hydrazine groups is 1. The van der Waals surface area contributed by atoms with Gasteiger partial charge in [-0.2, -0.15) is 10.5 Å². The van der Waals surface area contributed by atoms with Crippen LogP contribution in [-0.4, -0.2) is 124 Å². The fraction of sp³-hybridized carbons (Fsp3) is 0.264. The zero-order valence-corrected chi connectivity index (χ0v) is 55.6. The smallest absolute Gasteiger partial charge is 0.408 e. The van der Waals surface area contributed by atoms with Gasteiger partial charge in [0.1, 0.15) is 73.8 Å². The number of benzene rings is 7. The number of carbonyl (C=O) groups is 7. The summed E-state index contributed by atoms with van der Waals surface area (Å²) in [5.74, 6) is 3.20. The van der Waals surface area contributed by atoms with Crippen molar-refractivity contribution < 1.29 is 97.4 Å². The van der Waals surface area contributed by atoms with Gasteiger partial charge in [0.2, 0.25) is 5.91 Å². The van der Waals surface area contributed by atoms with Crippen molar-refractivity contribution in [3.8, 4) is 35.5 Å². The minimum Gasteiger partial charge on any atom is -0.508 e. The molecule has 0 bridgehead atoms. The van der Waals surface area contributed by atoms with Gasteiger partial charge >= 0.3 is 30.2 Å². The van der Waals surface area contributed by atoms with Crippen molar-refractivity contribution in [1.82, 2.24) is 26.7 Å². The molecule has 0 aliphatic heterocycles. The molecule has 0 saturated heterocycles. The zero-order valence-electron chi connectivity index (χ0n) is 55.6. The third-order valence-electron chi connectivity index (χ3n) is 13.0. The van der Waals surface area contributed by atoms with Gasteiger partial charge in [-0.15, -0.1) is 6.58 Å². The highest BCUT2D eigenvalue weighted by Gasteiger charge is 2.29. The summed E-state index contributed by atoms with van der Waals surface area (Å²) < 4.78 is 33.2. The van der Waals surface area contributed by atoms with Gasteiger partial charge in [0, 0.05) is 25.7 Å². The van der Waals surface area contributed by atoms with Gasteiger partial charge in [0.15, 0.2) is 0 Å². The fourth-order valence-electron chi connectivity index (χ4n) is 7.84. The normalized spacial score (nSPS) is 10.9. The number of allylic oxidation sites excluding steroid dienone is 1. The molecule has 532 valence electrons. The molecular weight excluding hydrogens is 1300 g/mol. The first kappa shape index (κ1) is 83.7. The Bertz CT molecular complexity index is 3470. The number of nitrogens with zero attached hydrogens (tertiary/aromatic N) is 2. The van der Waals surface area contributed by atoms with Crippen LogP contribution in [0.3, 0.4) is 0 Å². The Morgan fingerprint density at radius 3 is 0.990 bits per heavy atom. The first-order valence-electron chi connectivity index (χ1n) is 30.6. The van der Waals surface area contributed by atoms with Crippen LogP contribution in [0.4, 0.5) is 14.4 Å². The van der Waals surface area contributed by atoms with Gasteiger partial charge in [0.05, 0.1) is 13.7 Å². The van der Waals surface area contributed by atoms with E-state index in [9.17, 15) is 54.0 Å². The molecule has 100 heavy (non-hydrogen) atoms. The number of methoxy groups -OCH3 is 1. The summed E-state index contributed by atoms with van der Waals surface area (Å²) in [7, 11) is 1.25. The quantitative estimate of drug-likeness (QED) is 0.00284. The van der Waals surface area contributed by atoms with E-state index in [0.717, 1.165) is 34.2 Å². The third kappa shape index (κ3) is 37.7. The molecule has 5 amide bonds. The van der Waals surface area contributed by atoms with Gasteiger partial charge in [-0.1, -0.05) is 152 Å². The number of nitrogens with one attached hydrogen (secondary N) is 5. The molecule has 0 fully saturated rings. The van der Waals surface area contributed by atoms with E-state index in [-0.39, 0.29) is 81.9 Å². The van der Waals surface area contributed by atoms with Crippen molar-refractivity contribution in [2.24, 2.45) is 5.84 Å². The number of nitrogens with two attached hydrogens (primary N) is 1. The number of carbonyl (C=O) groups excluding carboxylic acids is 7. The van der Waals surface area contributed by atoms with E-state index < -0.39 is 73.0 Å². The Hall–Kier alpha value is -12.4. The second kappa shape index (κ2) is 50.1. The minimum absolute atomic E-state index is 0.0204. The lowest BCUT2D eigenvalue weighted by molar-refractivity contribution is -0.147. The predicted octanol–water partition coefficient (Wildman–Crippen LogP) is 7.69. The van der Waals surface area contributed by atoms with E-state index in [0.29, 0.717) is 11.1 Å². The summed E-state index contributed by atoms with van der Waals surface area (Å²) >= 11 is 0. The van der Waals surface area contributed by atoms with Gasteiger partial charge in [-0.25, -0.2) is 29.8 Å². The van der Waals surface area contributed by atoms with Crippen molar-refractivity contribution in [3.63, 3.8) is 0 Å². The molecule has 0 heterocycles. The largest absolute Gasteiger partial charge is 0.508 e. The first-order chi connectivity index (χ1) is 48.1. The average molecular weight is 1380 g/mol. The number of aromatic hydroxyl groups is 4. The molecule has 13 N–H and O–H groups in total.